The second-order valence-corrected chi connectivity index (χ2v) is 5.21. The van der Waals surface area contributed by atoms with Gasteiger partial charge < -0.3 is 10.1 Å². The lowest BCUT2D eigenvalue weighted by Crippen LogP contribution is -2.30. The summed E-state index contributed by atoms with van der Waals surface area (Å²) in [5.41, 5.74) is 1.67. The van der Waals surface area contributed by atoms with Crippen molar-refractivity contribution >= 4 is 23.3 Å². The molecule has 7 heteroatoms. The van der Waals surface area contributed by atoms with Crippen LogP contribution in [-0.2, 0) is 9.53 Å². The van der Waals surface area contributed by atoms with Crippen molar-refractivity contribution in [3.05, 3.63) is 69.8 Å². The van der Waals surface area contributed by atoms with E-state index in [2.05, 4.69) is 5.32 Å². The molecule has 2 aromatic carbocycles. The lowest BCUT2D eigenvalue weighted by molar-refractivity contribution is -0.384. The summed E-state index contributed by atoms with van der Waals surface area (Å²) < 4.78 is 5.07. The number of hydrogen-bond donors (Lipinski definition) is 1. The van der Waals surface area contributed by atoms with Crippen LogP contribution in [0.25, 0.3) is 0 Å². The number of benzene rings is 2. The number of nitro benzene ring substituents is 1. The van der Waals surface area contributed by atoms with E-state index in [0.717, 1.165) is 5.56 Å². The summed E-state index contributed by atoms with van der Waals surface area (Å²) in [5.74, 6) is -1.19. The van der Waals surface area contributed by atoms with Crippen molar-refractivity contribution in [2.75, 3.05) is 5.32 Å². The quantitative estimate of drug-likeness (QED) is 0.516. The van der Waals surface area contributed by atoms with Crippen molar-refractivity contribution in [3.8, 4) is 0 Å². The molecule has 0 radical (unpaired) electrons. The van der Waals surface area contributed by atoms with Crippen LogP contribution in [0.15, 0.2) is 48.5 Å². The van der Waals surface area contributed by atoms with Gasteiger partial charge in [-0.05, 0) is 38.1 Å². The topological polar surface area (TPSA) is 98.5 Å². The highest BCUT2D eigenvalue weighted by atomic mass is 16.6. The minimum atomic E-state index is -1.01. The molecule has 0 aliphatic carbocycles. The summed E-state index contributed by atoms with van der Waals surface area (Å²) in [4.78, 5) is 34.0. The Morgan fingerprint density at radius 1 is 1.08 bits per heavy atom. The largest absolute Gasteiger partial charge is 0.449 e. The van der Waals surface area contributed by atoms with Gasteiger partial charge in [-0.15, -0.1) is 0 Å². The highest BCUT2D eigenvalue weighted by molar-refractivity contribution is 5.97. The van der Waals surface area contributed by atoms with E-state index in [4.69, 9.17) is 4.74 Å². The average molecular weight is 328 g/mol. The molecule has 0 spiro atoms. The number of carbonyl (C=O) groups is 2. The maximum absolute atomic E-state index is 12.0. The van der Waals surface area contributed by atoms with E-state index < -0.39 is 22.9 Å². The van der Waals surface area contributed by atoms with E-state index in [9.17, 15) is 19.7 Å². The minimum Gasteiger partial charge on any atom is -0.449 e. The van der Waals surface area contributed by atoms with Crippen molar-refractivity contribution in [1.29, 1.82) is 0 Å². The molecule has 1 amide bonds. The van der Waals surface area contributed by atoms with Gasteiger partial charge in [-0.25, -0.2) is 4.79 Å². The van der Waals surface area contributed by atoms with Gasteiger partial charge >= 0.3 is 5.97 Å². The lowest BCUT2D eigenvalue weighted by atomic mass is 10.2. The fraction of sp³-hybridized carbons (Fsp3) is 0.176. The van der Waals surface area contributed by atoms with Crippen LogP contribution < -0.4 is 5.32 Å². The number of nitrogens with zero attached hydrogens (tertiary/aromatic N) is 1. The lowest BCUT2D eigenvalue weighted by Gasteiger charge is -2.13. The summed E-state index contributed by atoms with van der Waals surface area (Å²) >= 11 is 0. The van der Waals surface area contributed by atoms with Gasteiger partial charge in [0.05, 0.1) is 10.5 Å². The second kappa shape index (κ2) is 7.36. The molecule has 1 N–H and O–H groups in total. The van der Waals surface area contributed by atoms with E-state index in [1.165, 1.54) is 31.2 Å². The number of carbonyl (C=O) groups excluding carboxylic acids is 2. The zero-order valence-electron chi connectivity index (χ0n) is 13.2. The summed E-state index contributed by atoms with van der Waals surface area (Å²) in [6, 6.07) is 12.2. The fourth-order valence-electron chi connectivity index (χ4n) is 1.88. The van der Waals surface area contributed by atoms with Crippen molar-refractivity contribution in [2.45, 2.75) is 20.0 Å². The first-order valence-corrected chi connectivity index (χ1v) is 7.20. The van der Waals surface area contributed by atoms with Crippen LogP contribution >= 0.6 is 0 Å². The molecule has 0 fully saturated rings. The van der Waals surface area contributed by atoms with Gasteiger partial charge in [0.2, 0.25) is 0 Å². The van der Waals surface area contributed by atoms with Gasteiger partial charge in [0.1, 0.15) is 0 Å². The van der Waals surface area contributed by atoms with E-state index in [1.807, 2.05) is 19.1 Å². The molecule has 0 aromatic heterocycles. The summed E-state index contributed by atoms with van der Waals surface area (Å²) in [7, 11) is 0. The Hall–Kier alpha value is -3.22. The standard InChI is InChI=1S/C17H16N2O5/c1-11-3-7-14(8-4-11)18-16(20)12(2)24-17(21)13-5-9-15(10-6-13)19(22)23/h3-10,12H,1-2H3,(H,18,20). The molecule has 1 atom stereocenters. The first kappa shape index (κ1) is 17.1. The van der Waals surface area contributed by atoms with Gasteiger partial charge in [-0.3, -0.25) is 14.9 Å². The maximum atomic E-state index is 12.0. The highest BCUT2D eigenvalue weighted by Gasteiger charge is 2.19. The molecular formula is C17H16N2O5. The zero-order valence-corrected chi connectivity index (χ0v) is 13.2. The molecule has 0 heterocycles. The smallest absolute Gasteiger partial charge is 0.338 e. The number of nitro groups is 1. The molecule has 2 aromatic rings. The summed E-state index contributed by atoms with van der Waals surface area (Å²) in [5, 5.41) is 13.2. The van der Waals surface area contributed by atoms with Crippen molar-refractivity contribution in [2.24, 2.45) is 0 Å². The Labute approximate surface area is 138 Å². The number of rotatable bonds is 5. The third-order valence-corrected chi connectivity index (χ3v) is 3.29. The second-order valence-electron chi connectivity index (χ2n) is 5.21. The Bertz CT molecular complexity index is 754. The Balaban J connectivity index is 1.96. The van der Waals surface area contributed by atoms with E-state index in [-0.39, 0.29) is 11.3 Å². The minimum absolute atomic E-state index is 0.128. The van der Waals surface area contributed by atoms with Crippen molar-refractivity contribution in [3.63, 3.8) is 0 Å². The van der Waals surface area contributed by atoms with Crippen LogP contribution in [-0.4, -0.2) is 22.9 Å². The zero-order chi connectivity index (χ0) is 17.7. The van der Waals surface area contributed by atoms with Crippen LogP contribution in [0.5, 0.6) is 0 Å². The summed E-state index contributed by atoms with van der Waals surface area (Å²) in [6.45, 7) is 3.38. The fourth-order valence-corrected chi connectivity index (χ4v) is 1.88. The monoisotopic (exact) mass is 328 g/mol. The van der Waals surface area contributed by atoms with Crippen molar-refractivity contribution in [1.82, 2.24) is 0 Å². The molecular weight excluding hydrogens is 312 g/mol. The van der Waals surface area contributed by atoms with Crippen LogP contribution in [0, 0.1) is 17.0 Å². The van der Waals surface area contributed by atoms with Crippen LogP contribution in [0.4, 0.5) is 11.4 Å². The number of ether oxygens (including phenoxy) is 1. The van der Waals surface area contributed by atoms with E-state index in [1.54, 1.807) is 12.1 Å². The molecule has 124 valence electrons. The summed E-state index contributed by atoms with van der Waals surface area (Å²) in [6.07, 6.45) is -1.01. The number of amides is 1. The van der Waals surface area contributed by atoms with Crippen LogP contribution in [0.1, 0.15) is 22.8 Å². The average Bonchev–Trinajstić information content (AvgIpc) is 2.56. The van der Waals surface area contributed by atoms with Crippen LogP contribution in [0.2, 0.25) is 0 Å². The van der Waals surface area contributed by atoms with Crippen LogP contribution in [0.3, 0.4) is 0 Å². The first-order chi connectivity index (χ1) is 11.4. The maximum Gasteiger partial charge on any atom is 0.338 e. The Morgan fingerprint density at radius 3 is 2.21 bits per heavy atom. The number of aryl methyl sites for hydroxylation is 1. The van der Waals surface area contributed by atoms with Crippen molar-refractivity contribution < 1.29 is 19.2 Å². The van der Waals surface area contributed by atoms with Gasteiger partial charge in [0, 0.05) is 17.8 Å². The Kier molecular flexibility index (Phi) is 5.26. The molecule has 0 bridgehead atoms. The van der Waals surface area contributed by atoms with Gasteiger partial charge in [-0.1, -0.05) is 17.7 Å². The Morgan fingerprint density at radius 2 is 1.67 bits per heavy atom. The molecule has 0 saturated carbocycles. The van der Waals surface area contributed by atoms with Gasteiger partial charge in [0.25, 0.3) is 11.6 Å². The molecule has 0 aliphatic heterocycles. The predicted octanol–water partition coefficient (Wildman–Crippen LogP) is 3.09. The number of nitrogens with one attached hydrogen (secondary N) is 1. The molecule has 24 heavy (non-hydrogen) atoms. The number of esters is 1. The number of hydrogen-bond acceptors (Lipinski definition) is 5. The van der Waals surface area contributed by atoms with E-state index >= 15 is 0 Å². The SMILES string of the molecule is Cc1ccc(NC(=O)C(C)OC(=O)c2ccc([N+](=O)[O-])cc2)cc1. The highest BCUT2D eigenvalue weighted by Crippen LogP contribution is 2.14. The first-order valence-electron chi connectivity index (χ1n) is 7.20. The van der Waals surface area contributed by atoms with Gasteiger partial charge in [0.15, 0.2) is 6.10 Å². The third-order valence-electron chi connectivity index (χ3n) is 3.29. The molecule has 7 nitrogen and oxygen atoms in total. The molecule has 0 aliphatic rings. The van der Waals surface area contributed by atoms with Gasteiger partial charge in [-0.2, -0.15) is 0 Å². The molecule has 1 unspecified atom stereocenters. The molecule has 2 rings (SSSR count). The number of anilines is 1. The third kappa shape index (κ3) is 4.39. The molecule has 0 saturated heterocycles. The normalized spacial score (nSPS) is 11.4. The number of non-ortho nitro benzene ring substituents is 1. The van der Waals surface area contributed by atoms with E-state index in [0.29, 0.717) is 5.69 Å². The predicted molar refractivity (Wildman–Crippen MR) is 87.8 cm³/mol.